The Balaban J connectivity index is 4.79. The van der Waals surface area contributed by atoms with Gasteiger partial charge in [0, 0.05) is 0 Å². The maximum atomic E-state index is 12.3. The number of carbonyl (C=O) groups excluding carboxylic acids is 1. The third kappa shape index (κ3) is 5.90. The average Bonchev–Trinajstić information content (AvgIpc) is 2.38. The van der Waals surface area contributed by atoms with Crippen LogP contribution in [0.2, 0.25) is 0 Å². The molecule has 0 fully saturated rings. The fourth-order valence-electron chi connectivity index (χ4n) is 1.95. The van der Waals surface area contributed by atoms with Crippen LogP contribution in [0.4, 0.5) is 0 Å². The third-order valence-corrected chi connectivity index (χ3v) is 3.63. The number of rotatable bonds is 10. The molecule has 0 heterocycles. The molecule has 0 radical (unpaired) electrons. The Labute approximate surface area is 122 Å². The van der Waals surface area contributed by atoms with Gasteiger partial charge >= 0.3 is 5.97 Å². The molecule has 0 saturated heterocycles. The van der Waals surface area contributed by atoms with Crippen molar-refractivity contribution < 1.29 is 14.7 Å². The Morgan fingerprint density at radius 3 is 1.95 bits per heavy atom. The monoisotopic (exact) mass is 286 g/mol. The minimum absolute atomic E-state index is 0.223. The number of unbranched alkanes of at least 4 members (excludes halogenated alkanes) is 2. The summed E-state index contributed by atoms with van der Waals surface area (Å²) in [5.74, 6) is -1.23. The van der Waals surface area contributed by atoms with Gasteiger partial charge < -0.3 is 10.4 Å². The zero-order valence-corrected chi connectivity index (χ0v) is 13.5. The van der Waals surface area contributed by atoms with E-state index < -0.39 is 17.6 Å². The first-order valence-electron chi connectivity index (χ1n) is 7.56. The summed E-state index contributed by atoms with van der Waals surface area (Å²) in [5.41, 5.74) is -0.686. The second kappa shape index (κ2) is 8.95. The van der Waals surface area contributed by atoms with Gasteiger partial charge in [-0.3, -0.25) is 14.5 Å². The van der Waals surface area contributed by atoms with E-state index in [9.17, 15) is 9.59 Å². The lowest BCUT2D eigenvalue weighted by Gasteiger charge is -2.37. The summed E-state index contributed by atoms with van der Waals surface area (Å²) >= 11 is 0. The normalized spacial score (nSPS) is 13.3. The Kier molecular flexibility index (Phi) is 8.46. The van der Waals surface area contributed by atoms with Crippen LogP contribution in [-0.4, -0.2) is 46.6 Å². The minimum atomic E-state index is -1.01. The second-order valence-corrected chi connectivity index (χ2v) is 5.79. The first-order chi connectivity index (χ1) is 9.27. The Morgan fingerprint density at radius 2 is 1.60 bits per heavy atom. The fraction of sp³-hybridized carbons (Fsp3) is 0.867. The van der Waals surface area contributed by atoms with Crippen molar-refractivity contribution in [1.29, 1.82) is 0 Å². The summed E-state index contributed by atoms with van der Waals surface area (Å²) in [6.07, 6.45) is 4.22. The average molecular weight is 286 g/mol. The number of hydrogen-bond donors (Lipinski definition) is 2. The van der Waals surface area contributed by atoms with E-state index in [1.165, 1.54) is 6.92 Å². The molecule has 0 aliphatic heterocycles. The van der Waals surface area contributed by atoms with E-state index in [0.717, 1.165) is 38.8 Å². The molecule has 20 heavy (non-hydrogen) atoms. The van der Waals surface area contributed by atoms with Crippen LogP contribution in [0.5, 0.6) is 0 Å². The van der Waals surface area contributed by atoms with Crippen molar-refractivity contribution in [3.63, 3.8) is 0 Å². The first kappa shape index (κ1) is 18.9. The quantitative estimate of drug-likeness (QED) is 0.646. The lowest BCUT2D eigenvalue weighted by molar-refractivity contribution is -0.143. The molecule has 1 atom stereocenters. The van der Waals surface area contributed by atoms with Crippen molar-refractivity contribution in [2.75, 3.05) is 13.1 Å². The lowest BCUT2D eigenvalue weighted by atomic mass is 9.99. The lowest BCUT2D eigenvalue weighted by Crippen LogP contribution is -2.57. The first-order valence-corrected chi connectivity index (χ1v) is 7.56. The standard InChI is InChI=1S/C15H30N2O3/c1-6-8-10-17(11-9-7-2)15(4,5)14(20)16-12(3)13(18)19/h12H,6-11H2,1-5H3,(H,16,20)(H,18,19). The largest absolute Gasteiger partial charge is 0.480 e. The highest BCUT2D eigenvalue weighted by Gasteiger charge is 2.35. The molecule has 5 heteroatoms. The number of nitrogens with zero attached hydrogens (tertiary/aromatic N) is 1. The highest BCUT2D eigenvalue weighted by Crippen LogP contribution is 2.17. The Morgan fingerprint density at radius 1 is 1.15 bits per heavy atom. The van der Waals surface area contributed by atoms with Crippen LogP contribution >= 0.6 is 0 Å². The molecular formula is C15H30N2O3. The number of aliphatic carboxylic acids is 1. The SMILES string of the molecule is CCCCN(CCCC)C(C)(C)C(=O)NC(C)C(=O)O. The molecule has 2 N–H and O–H groups in total. The summed E-state index contributed by atoms with van der Waals surface area (Å²) in [6.45, 7) is 11.2. The van der Waals surface area contributed by atoms with E-state index in [1.807, 2.05) is 13.8 Å². The summed E-state index contributed by atoms with van der Waals surface area (Å²) in [5, 5.41) is 11.5. The maximum absolute atomic E-state index is 12.3. The van der Waals surface area contributed by atoms with Crippen LogP contribution in [0.15, 0.2) is 0 Å². The predicted molar refractivity (Wildman–Crippen MR) is 80.7 cm³/mol. The molecule has 1 amide bonds. The molecule has 0 aromatic heterocycles. The number of carboxylic acid groups (broad SMARTS) is 1. The van der Waals surface area contributed by atoms with E-state index in [-0.39, 0.29) is 5.91 Å². The second-order valence-electron chi connectivity index (χ2n) is 5.79. The molecule has 0 bridgehead atoms. The number of amides is 1. The zero-order chi connectivity index (χ0) is 15.8. The predicted octanol–water partition coefficient (Wildman–Crippen LogP) is 2.26. The van der Waals surface area contributed by atoms with Crippen LogP contribution < -0.4 is 5.32 Å². The Hall–Kier alpha value is -1.10. The highest BCUT2D eigenvalue weighted by molar-refractivity contribution is 5.89. The maximum Gasteiger partial charge on any atom is 0.325 e. The van der Waals surface area contributed by atoms with Crippen LogP contribution in [0.3, 0.4) is 0 Å². The van der Waals surface area contributed by atoms with Gasteiger partial charge in [-0.15, -0.1) is 0 Å². The van der Waals surface area contributed by atoms with Gasteiger partial charge in [-0.2, -0.15) is 0 Å². The molecule has 5 nitrogen and oxygen atoms in total. The van der Waals surface area contributed by atoms with Gasteiger partial charge in [0.25, 0.3) is 0 Å². The van der Waals surface area contributed by atoms with Gasteiger partial charge in [0.1, 0.15) is 6.04 Å². The molecule has 0 rings (SSSR count). The van der Waals surface area contributed by atoms with Gasteiger partial charge in [-0.05, 0) is 46.7 Å². The van der Waals surface area contributed by atoms with Crippen molar-refractivity contribution in [3.8, 4) is 0 Å². The fourth-order valence-corrected chi connectivity index (χ4v) is 1.95. The molecule has 0 aliphatic carbocycles. The summed E-state index contributed by atoms with van der Waals surface area (Å²) in [7, 11) is 0. The molecule has 0 saturated carbocycles. The number of carbonyl (C=O) groups is 2. The van der Waals surface area contributed by atoms with Gasteiger partial charge in [-0.1, -0.05) is 26.7 Å². The molecule has 118 valence electrons. The van der Waals surface area contributed by atoms with Gasteiger partial charge in [-0.25, -0.2) is 0 Å². The number of hydrogen-bond acceptors (Lipinski definition) is 3. The molecular weight excluding hydrogens is 256 g/mol. The molecule has 1 unspecified atom stereocenters. The van der Waals surface area contributed by atoms with Gasteiger partial charge in [0.05, 0.1) is 5.54 Å². The van der Waals surface area contributed by atoms with E-state index in [0.29, 0.717) is 0 Å². The van der Waals surface area contributed by atoms with Crippen molar-refractivity contribution in [1.82, 2.24) is 10.2 Å². The van der Waals surface area contributed by atoms with Crippen LogP contribution in [0.25, 0.3) is 0 Å². The van der Waals surface area contributed by atoms with Crippen LogP contribution in [0.1, 0.15) is 60.3 Å². The minimum Gasteiger partial charge on any atom is -0.480 e. The van der Waals surface area contributed by atoms with Crippen molar-refractivity contribution >= 4 is 11.9 Å². The molecule has 0 spiro atoms. The Bertz CT molecular complexity index is 308. The zero-order valence-electron chi connectivity index (χ0n) is 13.5. The van der Waals surface area contributed by atoms with Crippen molar-refractivity contribution in [2.45, 2.75) is 71.9 Å². The summed E-state index contributed by atoms with van der Waals surface area (Å²) in [4.78, 5) is 25.3. The van der Waals surface area contributed by atoms with E-state index in [2.05, 4.69) is 24.1 Å². The smallest absolute Gasteiger partial charge is 0.325 e. The number of nitrogens with one attached hydrogen (secondary N) is 1. The van der Waals surface area contributed by atoms with E-state index in [4.69, 9.17) is 5.11 Å². The van der Waals surface area contributed by atoms with Crippen LogP contribution in [0, 0.1) is 0 Å². The summed E-state index contributed by atoms with van der Waals surface area (Å²) in [6, 6.07) is -0.860. The molecule has 0 aliphatic rings. The van der Waals surface area contributed by atoms with Gasteiger partial charge in [0.2, 0.25) is 5.91 Å². The topological polar surface area (TPSA) is 69.6 Å². The van der Waals surface area contributed by atoms with Gasteiger partial charge in [0.15, 0.2) is 0 Å². The van der Waals surface area contributed by atoms with Crippen molar-refractivity contribution in [3.05, 3.63) is 0 Å². The number of carboxylic acids is 1. The van der Waals surface area contributed by atoms with Crippen LogP contribution in [-0.2, 0) is 9.59 Å². The third-order valence-electron chi connectivity index (χ3n) is 3.63. The highest BCUT2D eigenvalue weighted by atomic mass is 16.4. The molecule has 0 aromatic carbocycles. The van der Waals surface area contributed by atoms with E-state index in [1.54, 1.807) is 0 Å². The van der Waals surface area contributed by atoms with E-state index >= 15 is 0 Å². The van der Waals surface area contributed by atoms with Crippen molar-refractivity contribution in [2.24, 2.45) is 0 Å². The molecule has 0 aromatic rings. The summed E-state index contributed by atoms with van der Waals surface area (Å²) < 4.78 is 0.